The molecule has 0 fully saturated rings. The Morgan fingerprint density at radius 3 is 2.60 bits per heavy atom. The van der Waals surface area contributed by atoms with Crippen molar-refractivity contribution in [1.82, 2.24) is 5.32 Å². The van der Waals surface area contributed by atoms with Gasteiger partial charge in [0, 0.05) is 0 Å². The van der Waals surface area contributed by atoms with Crippen molar-refractivity contribution >= 4 is 17.7 Å². The Labute approximate surface area is 113 Å². The van der Waals surface area contributed by atoms with Crippen LogP contribution in [0, 0.1) is 10.1 Å². The van der Waals surface area contributed by atoms with Gasteiger partial charge in [0.25, 0.3) is 0 Å². The second-order valence-corrected chi connectivity index (χ2v) is 3.74. The Morgan fingerprint density at radius 2 is 2.10 bits per heavy atom. The highest BCUT2D eigenvalue weighted by Crippen LogP contribution is 2.31. The van der Waals surface area contributed by atoms with Crippen molar-refractivity contribution in [3.05, 3.63) is 28.3 Å². The molecule has 0 saturated heterocycles. The predicted molar refractivity (Wildman–Crippen MR) is 67.5 cm³/mol. The average molecular weight is 283 g/mol. The van der Waals surface area contributed by atoms with Crippen LogP contribution in [0.5, 0.6) is 11.5 Å². The second-order valence-electron chi connectivity index (χ2n) is 3.74. The van der Waals surface area contributed by atoms with E-state index in [1.165, 1.54) is 26.2 Å². The van der Waals surface area contributed by atoms with Gasteiger partial charge in [-0.1, -0.05) is 0 Å². The van der Waals surface area contributed by atoms with Gasteiger partial charge in [-0.05, 0) is 19.1 Å². The fourth-order valence-electron chi connectivity index (χ4n) is 1.32. The van der Waals surface area contributed by atoms with Crippen LogP contribution in [0.1, 0.15) is 6.92 Å². The number of hydrogen-bond acceptors (Lipinski definition) is 6. The van der Waals surface area contributed by atoms with Crippen LogP contribution in [0.2, 0.25) is 0 Å². The second kappa shape index (κ2) is 6.36. The zero-order chi connectivity index (χ0) is 15.3. The molecule has 1 rings (SSSR count). The van der Waals surface area contributed by atoms with Crippen molar-refractivity contribution in [2.75, 3.05) is 7.11 Å². The molecule has 9 nitrogen and oxygen atoms in total. The van der Waals surface area contributed by atoms with Gasteiger partial charge in [0.1, 0.15) is 11.8 Å². The van der Waals surface area contributed by atoms with Crippen LogP contribution in [0.4, 0.5) is 10.5 Å². The summed E-state index contributed by atoms with van der Waals surface area (Å²) in [6, 6.07) is 1.82. The normalized spacial score (nSPS) is 11.3. The Balaban J connectivity index is 2.94. The van der Waals surface area contributed by atoms with Gasteiger partial charge in [0.2, 0.25) is 5.75 Å². The lowest BCUT2D eigenvalue weighted by Gasteiger charge is -2.11. The number of nitro benzene ring substituents is 1. The number of ether oxygens (including phenoxy) is 2. The highest BCUT2D eigenvalue weighted by molar-refractivity contribution is 5.84. The van der Waals surface area contributed by atoms with Gasteiger partial charge in [0.15, 0.2) is 0 Å². The smallest absolute Gasteiger partial charge is 0.334 e. The number of methoxy groups -OCH3 is 1. The molecule has 0 spiro atoms. The lowest BCUT2D eigenvalue weighted by atomic mass is 10.2. The van der Waals surface area contributed by atoms with Crippen molar-refractivity contribution in [2.45, 2.75) is 13.0 Å². The first kappa shape index (κ1) is 15.2. The lowest BCUT2D eigenvalue weighted by Crippen LogP contribution is -2.43. The fourth-order valence-corrected chi connectivity index (χ4v) is 1.32. The van der Waals surface area contributed by atoms with Gasteiger partial charge >= 0.3 is 17.7 Å². The van der Waals surface area contributed by atoms with E-state index in [-0.39, 0.29) is 11.5 Å². The first-order valence-electron chi connectivity index (χ1n) is 5.45. The molecular weight excluding hydrogens is 270 g/mol. The zero-order valence-electron chi connectivity index (χ0n) is 10.8. The summed E-state index contributed by atoms with van der Waals surface area (Å²) >= 11 is 0. The molecule has 0 bridgehead atoms. The maximum atomic E-state index is 11.6. The van der Waals surface area contributed by atoms with E-state index in [0.29, 0.717) is 0 Å². The minimum atomic E-state index is -1.03. The first-order chi connectivity index (χ1) is 9.35. The summed E-state index contributed by atoms with van der Waals surface area (Å²) in [5.41, 5.74) is 4.43. The quantitative estimate of drug-likeness (QED) is 0.351. The summed E-state index contributed by atoms with van der Waals surface area (Å²) in [4.78, 5) is 32.4. The van der Waals surface area contributed by atoms with Gasteiger partial charge in [-0.2, -0.15) is 0 Å². The summed E-state index contributed by atoms with van der Waals surface area (Å²) in [5.74, 6) is -0.879. The minimum Gasteiger partial charge on any atom is -0.496 e. The van der Waals surface area contributed by atoms with Crippen LogP contribution in [-0.4, -0.2) is 30.1 Å². The van der Waals surface area contributed by atoms with Crippen molar-refractivity contribution in [2.24, 2.45) is 5.73 Å². The molecule has 3 N–H and O–H groups in total. The van der Waals surface area contributed by atoms with Crippen LogP contribution in [-0.2, 0) is 4.79 Å². The van der Waals surface area contributed by atoms with Crippen molar-refractivity contribution in [3.63, 3.8) is 0 Å². The highest BCUT2D eigenvalue weighted by atomic mass is 16.6. The number of rotatable bonds is 5. The molecular formula is C11H13N3O6. The van der Waals surface area contributed by atoms with Crippen molar-refractivity contribution in [3.8, 4) is 11.5 Å². The Morgan fingerprint density at radius 1 is 1.45 bits per heavy atom. The predicted octanol–water partition coefficient (Wildman–Crippen LogP) is 0.566. The number of esters is 1. The number of amides is 2. The maximum absolute atomic E-state index is 11.6. The number of nitro groups is 1. The number of hydrogen-bond donors (Lipinski definition) is 2. The first-order valence-corrected chi connectivity index (χ1v) is 5.45. The monoisotopic (exact) mass is 283 g/mol. The summed E-state index contributed by atoms with van der Waals surface area (Å²) in [7, 11) is 1.35. The van der Waals surface area contributed by atoms with Gasteiger partial charge < -0.3 is 20.5 Å². The van der Waals surface area contributed by atoms with Crippen LogP contribution in [0.25, 0.3) is 0 Å². The van der Waals surface area contributed by atoms with Crippen LogP contribution >= 0.6 is 0 Å². The molecule has 1 atom stereocenters. The zero-order valence-corrected chi connectivity index (χ0v) is 10.8. The number of nitrogens with two attached hydrogens (primary N) is 1. The Hall–Kier alpha value is -2.84. The topological polar surface area (TPSA) is 134 Å². The minimum absolute atomic E-state index is 0.250. The lowest BCUT2D eigenvalue weighted by molar-refractivity contribution is -0.385. The van der Waals surface area contributed by atoms with Crippen molar-refractivity contribution < 1.29 is 24.0 Å². The molecule has 0 radical (unpaired) electrons. The van der Waals surface area contributed by atoms with Crippen molar-refractivity contribution in [1.29, 1.82) is 0 Å². The molecule has 0 aromatic heterocycles. The van der Waals surface area contributed by atoms with E-state index in [1.54, 1.807) is 0 Å². The number of urea groups is 1. The third-order valence-electron chi connectivity index (χ3n) is 2.29. The standard InChI is InChI=1S/C11H13N3O6/c1-6(13-11(12)16)10(15)20-9-4-3-7(19-2)5-8(9)14(17)18/h3-6H,1-2H3,(H3,12,13,16). The van der Waals surface area contributed by atoms with E-state index in [2.05, 4.69) is 5.32 Å². The van der Waals surface area contributed by atoms with Gasteiger partial charge in [-0.25, -0.2) is 9.59 Å². The van der Waals surface area contributed by atoms with Crippen LogP contribution < -0.4 is 20.5 Å². The number of carbonyl (C=O) groups excluding carboxylic acids is 2. The summed E-state index contributed by atoms with van der Waals surface area (Å²) in [6.07, 6.45) is 0. The summed E-state index contributed by atoms with van der Waals surface area (Å²) < 4.78 is 9.71. The molecule has 0 aliphatic carbocycles. The number of nitrogens with zero attached hydrogens (tertiary/aromatic N) is 1. The molecule has 0 aliphatic heterocycles. The molecule has 2 amide bonds. The highest BCUT2D eigenvalue weighted by Gasteiger charge is 2.22. The van der Waals surface area contributed by atoms with Gasteiger partial charge in [-0.3, -0.25) is 10.1 Å². The van der Waals surface area contributed by atoms with E-state index in [1.807, 2.05) is 0 Å². The Bertz CT molecular complexity index is 545. The molecule has 9 heteroatoms. The maximum Gasteiger partial charge on any atom is 0.334 e. The van der Waals surface area contributed by atoms with E-state index in [9.17, 15) is 19.7 Å². The van der Waals surface area contributed by atoms with Crippen LogP contribution in [0.15, 0.2) is 18.2 Å². The van der Waals surface area contributed by atoms with E-state index in [0.717, 1.165) is 6.07 Å². The van der Waals surface area contributed by atoms with Gasteiger partial charge in [0.05, 0.1) is 18.1 Å². The van der Waals surface area contributed by atoms with E-state index >= 15 is 0 Å². The molecule has 0 saturated carbocycles. The number of nitrogens with one attached hydrogen (secondary N) is 1. The van der Waals surface area contributed by atoms with Crippen LogP contribution in [0.3, 0.4) is 0 Å². The molecule has 20 heavy (non-hydrogen) atoms. The summed E-state index contributed by atoms with van der Waals surface area (Å²) in [5, 5.41) is 13.0. The third-order valence-corrected chi connectivity index (χ3v) is 2.29. The molecule has 108 valence electrons. The molecule has 0 aliphatic rings. The SMILES string of the molecule is COc1ccc(OC(=O)C(C)NC(N)=O)c([N+](=O)[O-])c1. The number of primary amides is 1. The molecule has 1 unspecified atom stereocenters. The Kier molecular flexibility index (Phi) is 4.84. The molecule has 1 aromatic carbocycles. The van der Waals surface area contributed by atoms with E-state index in [4.69, 9.17) is 15.2 Å². The fraction of sp³-hybridized carbons (Fsp3) is 0.273. The largest absolute Gasteiger partial charge is 0.496 e. The number of carbonyl (C=O) groups is 2. The molecule has 1 aromatic rings. The summed E-state index contributed by atoms with van der Waals surface area (Å²) in [6.45, 7) is 1.34. The average Bonchev–Trinajstić information content (AvgIpc) is 2.37. The van der Waals surface area contributed by atoms with Gasteiger partial charge in [-0.15, -0.1) is 0 Å². The number of benzene rings is 1. The molecule has 0 heterocycles. The third kappa shape index (κ3) is 3.83. The van der Waals surface area contributed by atoms with E-state index < -0.39 is 28.7 Å².